The summed E-state index contributed by atoms with van der Waals surface area (Å²) in [6.45, 7) is 4.11. The molecule has 0 aliphatic carbocycles. The van der Waals surface area contributed by atoms with E-state index in [1.54, 1.807) is 0 Å². The molecular weight excluding hydrogens is 142 g/mol. The zero-order chi connectivity index (χ0) is 8.04. The largest absolute Gasteiger partial charge is 0.324 e. The van der Waals surface area contributed by atoms with E-state index in [-0.39, 0.29) is 0 Å². The smallest absolute Gasteiger partial charge is 0.0796 e. The van der Waals surface area contributed by atoms with E-state index in [4.69, 9.17) is 7.85 Å². The Kier molecular flexibility index (Phi) is 5.16. The summed E-state index contributed by atoms with van der Waals surface area (Å²) in [5, 5.41) is 0. The lowest BCUT2D eigenvalue weighted by atomic mass is 10.2. The molecule has 10 heavy (non-hydrogen) atoms. The average molecular weight is 158 g/mol. The van der Waals surface area contributed by atoms with Crippen molar-refractivity contribution in [3.63, 3.8) is 0 Å². The molecule has 0 aromatic carbocycles. The van der Waals surface area contributed by atoms with Gasteiger partial charge in [0.15, 0.2) is 0 Å². The fraction of sp³-hybridized carbons (Fsp3) is 1.00. The van der Waals surface area contributed by atoms with Crippen molar-refractivity contribution in [1.29, 1.82) is 0 Å². The second kappa shape index (κ2) is 5.01. The van der Waals surface area contributed by atoms with Gasteiger partial charge in [-0.1, -0.05) is 13.8 Å². The standard InChI is InChI=1S/C7H16BOP/c1-3-5-10(9,7-8)6-4-2/h3-7H2,1-2H3. The molecule has 0 spiro atoms. The lowest BCUT2D eigenvalue weighted by Crippen LogP contribution is -1.98. The third-order valence-electron chi connectivity index (χ3n) is 1.59. The maximum absolute atomic E-state index is 11.7. The second-order valence-electron chi connectivity index (χ2n) is 2.69. The van der Waals surface area contributed by atoms with E-state index in [2.05, 4.69) is 13.8 Å². The Morgan fingerprint density at radius 3 is 1.80 bits per heavy atom. The molecule has 0 aliphatic rings. The highest BCUT2D eigenvalue weighted by molar-refractivity contribution is 7.65. The van der Waals surface area contributed by atoms with Gasteiger partial charge < -0.3 is 4.57 Å². The van der Waals surface area contributed by atoms with E-state index < -0.39 is 7.14 Å². The van der Waals surface area contributed by atoms with Gasteiger partial charge >= 0.3 is 0 Å². The maximum atomic E-state index is 11.7. The van der Waals surface area contributed by atoms with Crippen LogP contribution < -0.4 is 0 Å². The van der Waals surface area contributed by atoms with Crippen molar-refractivity contribution >= 4 is 15.0 Å². The van der Waals surface area contributed by atoms with Crippen LogP contribution in [0.15, 0.2) is 0 Å². The Balaban J connectivity index is 3.83. The van der Waals surface area contributed by atoms with Gasteiger partial charge in [0.1, 0.15) is 0 Å². The third kappa shape index (κ3) is 3.46. The monoisotopic (exact) mass is 158 g/mol. The van der Waals surface area contributed by atoms with E-state index >= 15 is 0 Å². The van der Waals surface area contributed by atoms with Gasteiger partial charge in [-0.15, -0.1) is 0 Å². The van der Waals surface area contributed by atoms with Gasteiger partial charge in [0, 0.05) is 12.3 Å². The second-order valence-corrected chi connectivity index (χ2v) is 6.06. The minimum Gasteiger partial charge on any atom is -0.324 e. The molecular formula is C7H16BOP. The van der Waals surface area contributed by atoms with E-state index in [0.29, 0.717) is 6.06 Å². The van der Waals surface area contributed by atoms with Gasteiger partial charge in [-0.2, -0.15) is 0 Å². The Morgan fingerprint density at radius 2 is 1.60 bits per heavy atom. The van der Waals surface area contributed by atoms with E-state index in [1.165, 1.54) is 0 Å². The first-order chi connectivity index (χ1) is 4.68. The molecule has 0 aromatic rings. The highest BCUT2D eigenvalue weighted by Crippen LogP contribution is 2.45. The van der Waals surface area contributed by atoms with Crippen LogP contribution in [0, 0.1) is 0 Å². The highest BCUT2D eigenvalue weighted by atomic mass is 31.2. The van der Waals surface area contributed by atoms with Crippen LogP contribution >= 0.6 is 7.14 Å². The van der Waals surface area contributed by atoms with Crippen LogP contribution in [0.5, 0.6) is 0 Å². The van der Waals surface area contributed by atoms with Gasteiger partial charge in [-0.25, -0.2) is 0 Å². The molecule has 0 aromatic heterocycles. The summed E-state index contributed by atoms with van der Waals surface area (Å²) in [4.78, 5) is 0. The summed E-state index contributed by atoms with van der Waals surface area (Å²) in [6.07, 6.45) is 3.65. The number of hydrogen-bond acceptors (Lipinski definition) is 1. The first-order valence-corrected chi connectivity index (χ1v) is 6.22. The molecule has 2 radical (unpaired) electrons. The molecule has 0 amide bonds. The van der Waals surface area contributed by atoms with Crippen molar-refractivity contribution in [2.24, 2.45) is 0 Å². The van der Waals surface area contributed by atoms with Crippen molar-refractivity contribution in [3.8, 4) is 0 Å². The fourth-order valence-electron chi connectivity index (χ4n) is 1.11. The molecule has 0 fully saturated rings. The lowest BCUT2D eigenvalue weighted by molar-refractivity contribution is 0.575. The van der Waals surface area contributed by atoms with Gasteiger partial charge in [0.2, 0.25) is 0 Å². The lowest BCUT2D eigenvalue weighted by Gasteiger charge is -2.13. The number of rotatable bonds is 5. The van der Waals surface area contributed by atoms with Crippen LogP contribution in [0.2, 0.25) is 0 Å². The zero-order valence-electron chi connectivity index (χ0n) is 6.97. The molecule has 0 N–H and O–H groups in total. The van der Waals surface area contributed by atoms with Crippen LogP contribution in [0.1, 0.15) is 26.7 Å². The molecule has 0 saturated heterocycles. The van der Waals surface area contributed by atoms with Crippen LogP contribution in [0.3, 0.4) is 0 Å². The van der Waals surface area contributed by atoms with Crippen molar-refractivity contribution in [2.45, 2.75) is 26.7 Å². The predicted molar refractivity (Wildman–Crippen MR) is 48.5 cm³/mol. The molecule has 0 aliphatic heterocycles. The SMILES string of the molecule is [B]CP(=O)(CCC)CCC. The summed E-state index contributed by atoms with van der Waals surface area (Å²) >= 11 is 0. The minimum absolute atomic E-state index is 0.397. The fourth-order valence-corrected chi connectivity index (χ4v) is 3.33. The van der Waals surface area contributed by atoms with E-state index in [9.17, 15) is 4.57 Å². The molecule has 0 saturated carbocycles. The van der Waals surface area contributed by atoms with Crippen molar-refractivity contribution in [3.05, 3.63) is 0 Å². The molecule has 0 heterocycles. The highest BCUT2D eigenvalue weighted by Gasteiger charge is 2.15. The topological polar surface area (TPSA) is 17.1 Å². The average Bonchev–Trinajstić information content (AvgIpc) is 1.89. The quantitative estimate of drug-likeness (QED) is 0.443. The van der Waals surface area contributed by atoms with Crippen LogP contribution in [0.4, 0.5) is 0 Å². The Hall–Kier alpha value is 0.295. The molecule has 0 unspecified atom stereocenters. The van der Waals surface area contributed by atoms with Gasteiger partial charge in [-0.05, 0) is 18.9 Å². The van der Waals surface area contributed by atoms with Crippen molar-refractivity contribution in [1.82, 2.24) is 0 Å². The van der Waals surface area contributed by atoms with Gasteiger partial charge in [0.25, 0.3) is 0 Å². The number of hydrogen-bond donors (Lipinski definition) is 0. The van der Waals surface area contributed by atoms with Crippen molar-refractivity contribution in [2.75, 3.05) is 18.4 Å². The zero-order valence-corrected chi connectivity index (χ0v) is 7.86. The van der Waals surface area contributed by atoms with Crippen LogP contribution in [0.25, 0.3) is 0 Å². The molecule has 1 nitrogen and oxygen atoms in total. The summed E-state index contributed by atoms with van der Waals surface area (Å²) in [7, 11) is 3.49. The summed E-state index contributed by atoms with van der Waals surface area (Å²) in [6, 6.07) is 0.397. The predicted octanol–water partition coefficient (Wildman–Crippen LogP) is 2.30. The van der Waals surface area contributed by atoms with Gasteiger partial charge in [-0.3, -0.25) is 0 Å². The molecule has 0 atom stereocenters. The van der Waals surface area contributed by atoms with Gasteiger partial charge in [0.05, 0.1) is 15.0 Å². The van der Waals surface area contributed by atoms with Crippen LogP contribution in [-0.2, 0) is 4.57 Å². The minimum atomic E-state index is -1.92. The summed E-state index contributed by atoms with van der Waals surface area (Å²) in [5.41, 5.74) is 0. The van der Waals surface area contributed by atoms with E-state index in [0.717, 1.165) is 25.2 Å². The van der Waals surface area contributed by atoms with E-state index in [1.807, 2.05) is 0 Å². The third-order valence-corrected chi connectivity index (χ3v) is 4.78. The first kappa shape index (κ1) is 10.3. The molecule has 0 bridgehead atoms. The maximum Gasteiger partial charge on any atom is 0.0796 e. The molecule has 3 heteroatoms. The summed E-state index contributed by atoms with van der Waals surface area (Å²) < 4.78 is 11.7. The first-order valence-electron chi connectivity index (χ1n) is 3.95. The Labute approximate surface area is 65.4 Å². The molecule has 58 valence electrons. The van der Waals surface area contributed by atoms with Crippen molar-refractivity contribution < 1.29 is 4.57 Å². The van der Waals surface area contributed by atoms with Crippen LogP contribution in [-0.4, -0.2) is 26.2 Å². The summed E-state index contributed by atoms with van der Waals surface area (Å²) in [5.74, 6) is 0. The molecule has 0 rings (SSSR count). The Morgan fingerprint density at radius 1 is 1.20 bits per heavy atom. The normalized spacial score (nSPS) is 11.8. The Bertz CT molecular complexity index is 115.